The molecular formula is C13H16N4O3. The lowest BCUT2D eigenvalue weighted by atomic mass is 9.96. The topological polar surface area (TPSA) is 94.0 Å². The molecule has 2 aromatic heterocycles. The number of rotatable bonds is 3. The minimum absolute atomic E-state index is 0.197. The van der Waals surface area contributed by atoms with Crippen LogP contribution in [0.25, 0.3) is 11.5 Å². The summed E-state index contributed by atoms with van der Waals surface area (Å²) in [6.45, 7) is 2.05. The number of aliphatic carboxylic acids is 1. The summed E-state index contributed by atoms with van der Waals surface area (Å²) in [5, 5.41) is 13.2. The fourth-order valence-corrected chi connectivity index (χ4v) is 2.90. The number of hydrogen-bond donors (Lipinski definition) is 1. The highest BCUT2D eigenvalue weighted by molar-refractivity contribution is 5.71. The van der Waals surface area contributed by atoms with Gasteiger partial charge in [-0.05, 0) is 18.8 Å². The second kappa shape index (κ2) is 4.73. The predicted molar refractivity (Wildman–Crippen MR) is 68.8 cm³/mol. The SMILES string of the molecule is CC1CC(C(=O)O)C(c2nc(-c3cncn3C)no2)C1. The summed E-state index contributed by atoms with van der Waals surface area (Å²) in [7, 11) is 1.84. The molecule has 0 amide bonds. The Balaban J connectivity index is 1.90. The average molecular weight is 276 g/mol. The lowest BCUT2D eigenvalue weighted by Crippen LogP contribution is -2.17. The van der Waals surface area contributed by atoms with Crippen molar-refractivity contribution in [3.05, 3.63) is 18.4 Å². The third-order valence-corrected chi connectivity index (χ3v) is 3.92. The molecule has 1 N–H and O–H groups in total. The largest absolute Gasteiger partial charge is 0.481 e. The fourth-order valence-electron chi connectivity index (χ4n) is 2.90. The Bertz CT molecular complexity index is 633. The van der Waals surface area contributed by atoms with Crippen LogP contribution in [0.3, 0.4) is 0 Å². The van der Waals surface area contributed by atoms with E-state index in [4.69, 9.17) is 4.52 Å². The Labute approximate surface area is 115 Å². The van der Waals surface area contributed by atoms with E-state index < -0.39 is 11.9 Å². The van der Waals surface area contributed by atoms with Gasteiger partial charge in [-0.1, -0.05) is 12.1 Å². The van der Waals surface area contributed by atoms with Crippen LogP contribution >= 0.6 is 0 Å². The van der Waals surface area contributed by atoms with Crippen LogP contribution in [-0.2, 0) is 11.8 Å². The van der Waals surface area contributed by atoms with E-state index in [2.05, 4.69) is 15.1 Å². The van der Waals surface area contributed by atoms with E-state index in [0.717, 1.165) is 12.1 Å². The first-order valence-electron chi connectivity index (χ1n) is 6.59. The number of aromatic nitrogens is 4. The van der Waals surface area contributed by atoms with Gasteiger partial charge in [-0.3, -0.25) is 4.79 Å². The predicted octanol–water partition coefficient (Wildman–Crippen LogP) is 1.68. The van der Waals surface area contributed by atoms with Crippen LogP contribution in [0.5, 0.6) is 0 Å². The van der Waals surface area contributed by atoms with Gasteiger partial charge in [0.2, 0.25) is 11.7 Å². The summed E-state index contributed by atoms with van der Waals surface area (Å²) in [4.78, 5) is 19.7. The molecule has 1 saturated carbocycles. The number of imidazole rings is 1. The zero-order valence-corrected chi connectivity index (χ0v) is 11.4. The van der Waals surface area contributed by atoms with E-state index >= 15 is 0 Å². The van der Waals surface area contributed by atoms with Crippen LogP contribution in [-0.4, -0.2) is 30.8 Å². The van der Waals surface area contributed by atoms with Crippen LogP contribution in [0.4, 0.5) is 0 Å². The molecule has 0 spiro atoms. The highest BCUT2D eigenvalue weighted by atomic mass is 16.5. The molecule has 0 radical (unpaired) electrons. The number of nitrogens with zero attached hydrogens (tertiary/aromatic N) is 4. The number of hydrogen-bond acceptors (Lipinski definition) is 5. The van der Waals surface area contributed by atoms with Gasteiger partial charge >= 0.3 is 5.97 Å². The molecule has 106 valence electrons. The first-order chi connectivity index (χ1) is 9.56. The van der Waals surface area contributed by atoms with Crippen molar-refractivity contribution in [3.8, 4) is 11.5 Å². The lowest BCUT2D eigenvalue weighted by Gasteiger charge is -2.09. The molecule has 3 atom stereocenters. The highest BCUT2D eigenvalue weighted by Crippen LogP contribution is 2.42. The minimum atomic E-state index is -0.792. The summed E-state index contributed by atoms with van der Waals surface area (Å²) >= 11 is 0. The Morgan fingerprint density at radius 2 is 2.30 bits per heavy atom. The molecule has 2 aromatic rings. The summed E-state index contributed by atoms with van der Waals surface area (Å²) < 4.78 is 7.08. The van der Waals surface area contributed by atoms with E-state index in [1.807, 2.05) is 14.0 Å². The van der Waals surface area contributed by atoms with Crippen LogP contribution in [0.2, 0.25) is 0 Å². The van der Waals surface area contributed by atoms with Gasteiger partial charge in [0.05, 0.1) is 24.4 Å². The zero-order chi connectivity index (χ0) is 14.3. The normalized spacial score (nSPS) is 26.0. The van der Waals surface area contributed by atoms with Crippen LogP contribution in [0.15, 0.2) is 17.0 Å². The van der Waals surface area contributed by atoms with Gasteiger partial charge in [-0.25, -0.2) is 4.98 Å². The van der Waals surface area contributed by atoms with Crippen molar-refractivity contribution in [3.63, 3.8) is 0 Å². The lowest BCUT2D eigenvalue weighted by molar-refractivity contribution is -0.142. The molecule has 0 aromatic carbocycles. The van der Waals surface area contributed by atoms with Gasteiger partial charge in [-0.15, -0.1) is 0 Å². The Kier molecular flexibility index (Phi) is 3.04. The van der Waals surface area contributed by atoms with E-state index in [-0.39, 0.29) is 5.92 Å². The van der Waals surface area contributed by atoms with Gasteiger partial charge in [0.1, 0.15) is 5.69 Å². The van der Waals surface area contributed by atoms with Crippen molar-refractivity contribution in [1.82, 2.24) is 19.7 Å². The van der Waals surface area contributed by atoms with Gasteiger partial charge < -0.3 is 14.2 Å². The molecule has 7 nitrogen and oxygen atoms in total. The molecule has 3 rings (SSSR count). The molecule has 3 unspecified atom stereocenters. The van der Waals surface area contributed by atoms with Crippen molar-refractivity contribution in [2.24, 2.45) is 18.9 Å². The quantitative estimate of drug-likeness (QED) is 0.916. The number of aryl methyl sites for hydroxylation is 1. The Morgan fingerprint density at radius 1 is 1.50 bits per heavy atom. The van der Waals surface area contributed by atoms with Crippen molar-refractivity contribution in [2.75, 3.05) is 0 Å². The number of carbonyl (C=O) groups is 1. The standard InChI is InChI=1S/C13H16N4O3/c1-7-3-8(9(4-7)13(18)19)12-15-11(16-20-12)10-5-14-6-17(10)2/h5-9H,3-4H2,1-2H3,(H,18,19). The monoisotopic (exact) mass is 276 g/mol. The maximum absolute atomic E-state index is 11.3. The molecule has 0 aliphatic heterocycles. The van der Waals surface area contributed by atoms with Crippen molar-refractivity contribution in [1.29, 1.82) is 0 Å². The Hall–Kier alpha value is -2.18. The minimum Gasteiger partial charge on any atom is -0.481 e. The van der Waals surface area contributed by atoms with Crippen molar-refractivity contribution >= 4 is 5.97 Å². The molecule has 7 heteroatoms. The molecule has 1 aliphatic carbocycles. The smallest absolute Gasteiger partial charge is 0.307 e. The highest BCUT2D eigenvalue weighted by Gasteiger charge is 2.41. The summed E-state index contributed by atoms with van der Waals surface area (Å²) in [5.41, 5.74) is 0.748. The summed E-state index contributed by atoms with van der Waals surface area (Å²) in [6.07, 6.45) is 4.73. The molecule has 20 heavy (non-hydrogen) atoms. The average Bonchev–Trinajstić information content (AvgIpc) is 3.06. The van der Waals surface area contributed by atoms with E-state index in [1.165, 1.54) is 0 Å². The third kappa shape index (κ3) is 2.09. The molecule has 1 fully saturated rings. The first-order valence-corrected chi connectivity index (χ1v) is 6.59. The summed E-state index contributed by atoms with van der Waals surface area (Å²) in [6, 6.07) is 0. The van der Waals surface area contributed by atoms with Crippen LogP contribution in [0, 0.1) is 11.8 Å². The molecular weight excluding hydrogens is 260 g/mol. The van der Waals surface area contributed by atoms with E-state index in [1.54, 1.807) is 17.1 Å². The fraction of sp³-hybridized carbons (Fsp3) is 0.538. The molecule has 0 bridgehead atoms. The van der Waals surface area contributed by atoms with Crippen LogP contribution < -0.4 is 0 Å². The second-order valence-electron chi connectivity index (χ2n) is 5.47. The molecule has 2 heterocycles. The maximum atomic E-state index is 11.3. The van der Waals surface area contributed by atoms with E-state index in [9.17, 15) is 9.90 Å². The van der Waals surface area contributed by atoms with Gasteiger partial charge in [0.25, 0.3) is 0 Å². The molecule has 1 aliphatic rings. The van der Waals surface area contributed by atoms with Crippen molar-refractivity contribution < 1.29 is 14.4 Å². The molecule has 0 saturated heterocycles. The van der Waals surface area contributed by atoms with Gasteiger partial charge in [-0.2, -0.15) is 4.98 Å². The van der Waals surface area contributed by atoms with Crippen LogP contribution in [0.1, 0.15) is 31.6 Å². The zero-order valence-electron chi connectivity index (χ0n) is 11.4. The maximum Gasteiger partial charge on any atom is 0.307 e. The number of carboxylic acid groups (broad SMARTS) is 1. The number of carboxylic acids is 1. The van der Waals surface area contributed by atoms with E-state index in [0.29, 0.717) is 24.1 Å². The summed E-state index contributed by atoms with van der Waals surface area (Å²) in [5.74, 6) is -0.212. The first kappa shape index (κ1) is 12.8. The third-order valence-electron chi connectivity index (χ3n) is 3.92. The van der Waals surface area contributed by atoms with Crippen molar-refractivity contribution in [2.45, 2.75) is 25.7 Å². The van der Waals surface area contributed by atoms with Gasteiger partial charge in [0, 0.05) is 7.05 Å². The van der Waals surface area contributed by atoms with Gasteiger partial charge in [0.15, 0.2) is 0 Å². The Morgan fingerprint density at radius 3 is 2.95 bits per heavy atom. The second-order valence-corrected chi connectivity index (χ2v) is 5.47.